The highest BCUT2D eigenvalue weighted by Crippen LogP contribution is 2.24. The van der Waals surface area contributed by atoms with Crippen molar-refractivity contribution in [3.05, 3.63) is 88.0 Å². The molecule has 1 aromatic heterocycles. The number of aromatic nitrogens is 2. The lowest BCUT2D eigenvalue weighted by atomic mass is 9.99. The number of nitrogens with one attached hydrogen (secondary N) is 2. The highest BCUT2D eigenvalue weighted by Gasteiger charge is 2.25. The Bertz CT molecular complexity index is 1120. The van der Waals surface area contributed by atoms with E-state index in [1.54, 1.807) is 48.5 Å². The van der Waals surface area contributed by atoms with E-state index in [4.69, 9.17) is 0 Å². The molecule has 1 aliphatic heterocycles. The van der Waals surface area contributed by atoms with Crippen LogP contribution in [-0.4, -0.2) is 45.1 Å². The van der Waals surface area contributed by atoms with Crippen LogP contribution in [0.25, 0.3) is 5.69 Å². The number of hydrogen-bond acceptors (Lipinski definition) is 6. The molecular formula is C23H25FN6O3. The van der Waals surface area contributed by atoms with Gasteiger partial charge < -0.3 is 4.90 Å². The van der Waals surface area contributed by atoms with Crippen LogP contribution in [0.4, 0.5) is 10.1 Å². The molecule has 0 spiro atoms. The summed E-state index contributed by atoms with van der Waals surface area (Å²) in [5.74, 6) is -0.427. The van der Waals surface area contributed by atoms with Gasteiger partial charge in [-0.15, -0.1) is 0 Å². The first-order valence-electron chi connectivity index (χ1n) is 10.7. The fourth-order valence-electron chi connectivity index (χ4n) is 3.91. The van der Waals surface area contributed by atoms with E-state index in [1.807, 2.05) is 0 Å². The summed E-state index contributed by atoms with van der Waals surface area (Å²) >= 11 is 0. The molecule has 2 heterocycles. The Hall–Kier alpha value is -3.63. The van der Waals surface area contributed by atoms with E-state index in [1.165, 1.54) is 28.9 Å². The molecule has 2 aromatic carbocycles. The number of halogens is 1. The molecule has 33 heavy (non-hydrogen) atoms. The van der Waals surface area contributed by atoms with Crippen molar-refractivity contribution >= 4 is 11.6 Å². The summed E-state index contributed by atoms with van der Waals surface area (Å²) in [6.07, 6.45) is 4.26. The van der Waals surface area contributed by atoms with E-state index in [9.17, 15) is 19.3 Å². The predicted octanol–water partition coefficient (Wildman–Crippen LogP) is 3.38. The van der Waals surface area contributed by atoms with Crippen LogP contribution < -0.4 is 10.9 Å². The van der Waals surface area contributed by atoms with Gasteiger partial charge in [0.2, 0.25) is 0 Å². The number of hydrazine groups is 1. The van der Waals surface area contributed by atoms with Gasteiger partial charge in [-0.25, -0.2) is 9.07 Å². The number of rotatable bonds is 8. The third-order valence-corrected chi connectivity index (χ3v) is 5.78. The standard InChI is InChI=1S/C23H25FN6O3/c1-28(13-2-3-18-15-22(26-25-18)16-4-6-17(24)7-5-16)23(31)21-12-14-29(27-21)19-8-10-20(11-9-19)30(32)33/h4-12,14,18,22,25-26H,2-3,13,15H2,1H3. The van der Waals surface area contributed by atoms with Crippen molar-refractivity contribution in [1.82, 2.24) is 25.5 Å². The molecular weight excluding hydrogens is 427 g/mol. The van der Waals surface area contributed by atoms with Crippen molar-refractivity contribution < 1.29 is 14.1 Å². The highest BCUT2D eigenvalue weighted by atomic mass is 19.1. The second kappa shape index (κ2) is 9.88. The van der Waals surface area contributed by atoms with Crippen LogP contribution in [0.5, 0.6) is 0 Å². The first kappa shape index (κ1) is 22.6. The number of nitro benzene ring substituents is 1. The molecule has 4 rings (SSSR count). The molecule has 0 aliphatic carbocycles. The molecule has 172 valence electrons. The van der Waals surface area contributed by atoms with Crippen LogP contribution >= 0.6 is 0 Å². The smallest absolute Gasteiger partial charge is 0.274 e. The molecule has 2 N–H and O–H groups in total. The summed E-state index contributed by atoms with van der Waals surface area (Å²) in [6, 6.07) is 14.5. The van der Waals surface area contributed by atoms with E-state index < -0.39 is 4.92 Å². The topological polar surface area (TPSA) is 105 Å². The number of carbonyl (C=O) groups is 1. The normalized spacial score (nSPS) is 17.8. The molecule has 9 nitrogen and oxygen atoms in total. The maximum atomic E-state index is 13.1. The molecule has 1 fully saturated rings. The Morgan fingerprint density at radius 3 is 2.61 bits per heavy atom. The Kier molecular flexibility index (Phi) is 6.76. The van der Waals surface area contributed by atoms with Gasteiger partial charge in [0.25, 0.3) is 11.6 Å². The quantitative estimate of drug-likeness (QED) is 0.401. The number of benzene rings is 2. The Labute approximate surface area is 190 Å². The van der Waals surface area contributed by atoms with Crippen LogP contribution in [0.15, 0.2) is 60.8 Å². The molecule has 10 heteroatoms. The van der Waals surface area contributed by atoms with Crippen molar-refractivity contribution in [2.45, 2.75) is 31.3 Å². The largest absolute Gasteiger partial charge is 0.340 e. The second-order valence-electron chi connectivity index (χ2n) is 8.11. The SMILES string of the molecule is CN(CCCC1CC(c2ccc(F)cc2)NN1)C(=O)c1ccn(-c2ccc([N+](=O)[O-])cc2)n1. The Balaban J connectivity index is 1.25. The second-order valence-corrected chi connectivity index (χ2v) is 8.11. The van der Waals surface area contributed by atoms with E-state index in [0.29, 0.717) is 17.9 Å². The summed E-state index contributed by atoms with van der Waals surface area (Å²) in [5.41, 5.74) is 8.53. The van der Waals surface area contributed by atoms with Crippen molar-refractivity contribution in [1.29, 1.82) is 0 Å². The van der Waals surface area contributed by atoms with E-state index in [2.05, 4.69) is 16.0 Å². The zero-order valence-corrected chi connectivity index (χ0v) is 18.1. The average Bonchev–Trinajstić information content (AvgIpc) is 3.49. The first-order valence-corrected chi connectivity index (χ1v) is 10.7. The van der Waals surface area contributed by atoms with Gasteiger partial charge in [-0.2, -0.15) is 5.10 Å². The summed E-state index contributed by atoms with van der Waals surface area (Å²) in [4.78, 5) is 24.7. The van der Waals surface area contributed by atoms with Crippen molar-refractivity contribution in [2.75, 3.05) is 13.6 Å². The number of amides is 1. The van der Waals surface area contributed by atoms with Gasteiger partial charge >= 0.3 is 0 Å². The summed E-state index contributed by atoms with van der Waals surface area (Å²) in [5, 5.41) is 15.1. The van der Waals surface area contributed by atoms with Crippen molar-refractivity contribution in [3.63, 3.8) is 0 Å². The molecule has 1 amide bonds. The zero-order chi connectivity index (χ0) is 23.4. The van der Waals surface area contributed by atoms with Crippen LogP contribution in [0.2, 0.25) is 0 Å². The number of nitrogens with zero attached hydrogens (tertiary/aromatic N) is 4. The molecule has 3 aromatic rings. The minimum absolute atomic E-state index is 0.00196. The summed E-state index contributed by atoms with van der Waals surface area (Å²) in [7, 11) is 1.74. The van der Waals surface area contributed by atoms with Crippen LogP contribution in [0.1, 0.15) is 41.4 Å². The fraction of sp³-hybridized carbons (Fsp3) is 0.304. The fourth-order valence-corrected chi connectivity index (χ4v) is 3.91. The third-order valence-electron chi connectivity index (χ3n) is 5.78. The summed E-state index contributed by atoms with van der Waals surface area (Å²) in [6.45, 7) is 0.586. The molecule has 0 bridgehead atoms. The minimum Gasteiger partial charge on any atom is -0.340 e. The van der Waals surface area contributed by atoms with Gasteiger partial charge in [0.05, 0.1) is 10.6 Å². The van der Waals surface area contributed by atoms with Gasteiger partial charge in [-0.3, -0.25) is 25.8 Å². The van der Waals surface area contributed by atoms with Gasteiger partial charge in [-0.05, 0) is 55.2 Å². The van der Waals surface area contributed by atoms with E-state index in [0.717, 1.165) is 24.8 Å². The van der Waals surface area contributed by atoms with Crippen LogP contribution in [0.3, 0.4) is 0 Å². The minimum atomic E-state index is -0.461. The van der Waals surface area contributed by atoms with Gasteiger partial charge in [0.15, 0.2) is 5.69 Å². The molecule has 2 atom stereocenters. The highest BCUT2D eigenvalue weighted by molar-refractivity contribution is 5.92. The number of non-ortho nitro benzene ring substituents is 1. The van der Waals surface area contributed by atoms with Gasteiger partial charge in [0, 0.05) is 44.0 Å². The lowest BCUT2D eigenvalue weighted by Crippen LogP contribution is -2.32. The Morgan fingerprint density at radius 1 is 1.18 bits per heavy atom. The molecule has 1 aliphatic rings. The Morgan fingerprint density at radius 2 is 1.91 bits per heavy atom. The monoisotopic (exact) mass is 452 g/mol. The average molecular weight is 452 g/mol. The number of hydrogen-bond donors (Lipinski definition) is 2. The van der Waals surface area contributed by atoms with Crippen molar-refractivity contribution in [3.8, 4) is 5.69 Å². The lowest BCUT2D eigenvalue weighted by Gasteiger charge is -2.17. The molecule has 1 saturated heterocycles. The maximum absolute atomic E-state index is 13.1. The number of carbonyl (C=O) groups excluding carboxylic acids is 1. The number of nitro groups is 1. The van der Waals surface area contributed by atoms with Crippen LogP contribution in [0, 0.1) is 15.9 Å². The predicted molar refractivity (Wildman–Crippen MR) is 120 cm³/mol. The van der Waals surface area contributed by atoms with Crippen molar-refractivity contribution in [2.24, 2.45) is 0 Å². The van der Waals surface area contributed by atoms with Gasteiger partial charge in [-0.1, -0.05) is 12.1 Å². The molecule has 0 saturated carbocycles. The van der Waals surface area contributed by atoms with Crippen LogP contribution in [-0.2, 0) is 0 Å². The summed E-state index contributed by atoms with van der Waals surface area (Å²) < 4.78 is 14.6. The van der Waals surface area contributed by atoms with E-state index >= 15 is 0 Å². The first-order chi connectivity index (χ1) is 15.9. The zero-order valence-electron chi connectivity index (χ0n) is 18.1. The lowest BCUT2D eigenvalue weighted by molar-refractivity contribution is -0.384. The molecule has 0 radical (unpaired) electrons. The maximum Gasteiger partial charge on any atom is 0.274 e. The molecule has 2 unspecified atom stereocenters. The van der Waals surface area contributed by atoms with E-state index in [-0.39, 0.29) is 29.5 Å². The van der Waals surface area contributed by atoms with Gasteiger partial charge in [0.1, 0.15) is 5.82 Å². The third kappa shape index (κ3) is 5.41.